The minimum atomic E-state index is -0.241. The maximum absolute atomic E-state index is 13.3. The Hall–Kier alpha value is -2.17. The zero-order valence-electron chi connectivity index (χ0n) is 16.3. The van der Waals surface area contributed by atoms with Crippen LogP contribution >= 0.6 is 0 Å². The molecule has 2 aliphatic heterocycles. The molecule has 2 heterocycles. The molecule has 0 spiro atoms. The molecule has 0 unspecified atom stereocenters. The zero-order valence-corrected chi connectivity index (χ0v) is 16.3. The van der Waals surface area contributed by atoms with Gasteiger partial charge in [0.2, 0.25) is 17.7 Å². The van der Waals surface area contributed by atoms with Crippen LogP contribution in [-0.4, -0.2) is 40.6 Å². The SMILES string of the molecule is O=C1[C@H]2CCCC[C@H]2C(=O)N1CC(=O)N1C[C@@H]2CCCC[C@]21c1ccccc1. The summed E-state index contributed by atoms with van der Waals surface area (Å²) < 4.78 is 0. The largest absolute Gasteiger partial charge is 0.331 e. The van der Waals surface area contributed by atoms with Crippen LogP contribution in [-0.2, 0) is 19.9 Å². The van der Waals surface area contributed by atoms with Gasteiger partial charge in [0, 0.05) is 12.5 Å². The Morgan fingerprint density at radius 3 is 2.21 bits per heavy atom. The summed E-state index contributed by atoms with van der Waals surface area (Å²) in [4.78, 5) is 42.1. The molecular weight excluding hydrogens is 352 g/mol. The number of fused-ring (bicyclic) bond motifs is 2. The standard InChI is InChI=1S/C23H28N2O3/c26-20(15-24-21(27)18-11-4-5-12-19(18)22(24)28)25-14-17-10-6-7-13-23(17,25)16-8-2-1-3-9-16/h1-3,8-9,17-19H,4-7,10-15H2/t17-,18-,19+,23-/m0/s1. The van der Waals surface area contributed by atoms with Gasteiger partial charge in [-0.25, -0.2) is 0 Å². The van der Waals surface area contributed by atoms with Gasteiger partial charge in [-0.05, 0) is 31.2 Å². The Morgan fingerprint density at radius 2 is 1.57 bits per heavy atom. The zero-order chi connectivity index (χ0) is 19.3. The Balaban J connectivity index is 1.38. The molecule has 148 valence electrons. The Morgan fingerprint density at radius 1 is 0.929 bits per heavy atom. The van der Waals surface area contributed by atoms with Crippen LogP contribution in [0.2, 0.25) is 0 Å². The molecule has 3 amide bonds. The molecule has 5 heteroatoms. The summed E-state index contributed by atoms with van der Waals surface area (Å²) in [6.45, 7) is 0.669. The van der Waals surface area contributed by atoms with E-state index < -0.39 is 0 Å². The molecule has 4 fully saturated rings. The Labute approximate surface area is 166 Å². The van der Waals surface area contributed by atoms with E-state index in [0.29, 0.717) is 5.92 Å². The highest BCUT2D eigenvalue weighted by Gasteiger charge is 2.58. The number of rotatable bonds is 3. The van der Waals surface area contributed by atoms with E-state index in [-0.39, 0.29) is 41.6 Å². The van der Waals surface area contributed by atoms with Crippen LogP contribution in [0, 0.1) is 17.8 Å². The van der Waals surface area contributed by atoms with E-state index in [1.54, 1.807) is 0 Å². The van der Waals surface area contributed by atoms with Crippen molar-refractivity contribution in [2.24, 2.45) is 17.8 Å². The topological polar surface area (TPSA) is 57.7 Å². The second-order valence-electron chi connectivity index (χ2n) is 9.00. The van der Waals surface area contributed by atoms with Crippen molar-refractivity contribution in [2.45, 2.75) is 56.9 Å². The summed E-state index contributed by atoms with van der Waals surface area (Å²) >= 11 is 0. The summed E-state index contributed by atoms with van der Waals surface area (Å²) in [5.41, 5.74) is 0.960. The normalized spacial score (nSPS) is 34.6. The van der Waals surface area contributed by atoms with Crippen molar-refractivity contribution in [3.05, 3.63) is 35.9 Å². The van der Waals surface area contributed by atoms with E-state index in [4.69, 9.17) is 0 Å². The minimum absolute atomic E-state index is 0.0673. The third kappa shape index (κ3) is 2.48. The van der Waals surface area contributed by atoms with Crippen LogP contribution in [0.15, 0.2) is 30.3 Å². The first kappa shape index (κ1) is 17.9. The number of nitrogens with zero attached hydrogens (tertiary/aromatic N) is 2. The van der Waals surface area contributed by atoms with Crippen molar-refractivity contribution in [1.29, 1.82) is 0 Å². The second-order valence-corrected chi connectivity index (χ2v) is 9.00. The van der Waals surface area contributed by atoms with Crippen LogP contribution in [0.1, 0.15) is 56.9 Å². The first-order valence-electron chi connectivity index (χ1n) is 10.8. The second kappa shape index (κ2) is 6.71. The van der Waals surface area contributed by atoms with Gasteiger partial charge in [0.25, 0.3) is 0 Å². The van der Waals surface area contributed by atoms with E-state index in [2.05, 4.69) is 12.1 Å². The van der Waals surface area contributed by atoms with Gasteiger partial charge in [-0.2, -0.15) is 0 Å². The maximum Gasteiger partial charge on any atom is 0.243 e. The van der Waals surface area contributed by atoms with Crippen LogP contribution in [0.4, 0.5) is 0 Å². The van der Waals surface area contributed by atoms with Gasteiger partial charge in [0.15, 0.2) is 0 Å². The van der Waals surface area contributed by atoms with Crippen LogP contribution in [0.3, 0.4) is 0 Å². The molecule has 0 N–H and O–H groups in total. The minimum Gasteiger partial charge on any atom is -0.331 e. The van der Waals surface area contributed by atoms with Crippen molar-refractivity contribution in [3.8, 4) is 0 Å². The van der Waals surface area contributed by atoms with E-state index in [1.807, 2.05) is 23.1 Å². The van der Waals surface area contributed by atoms with Gasteiger partial charge in [-0.1, -0.05) is 56.0 Å². The smallest absolute Gasteiger partial charge is 0.243 e. The van der Waals surface area contributed by atoms with E-state index >= 15 is 0 Å². The van der Waals surface area contributed by atoms with Crippen molar-refractivity contribution < 1.29 is 14.4 Å². The van der Waals surface area contributed by atoms with Gasteiger partial charge in [0.05, 0.1) is 17.4 Å². The van der Waals surface area contributed by atoms with Crippen LogP contribution in [0.5, 0.6) is 0 Å². The number of amides is 3. The van der Waals surface area contributed by atoms with Gasteiger partial charge in [-0.15, -0.1) is 0 Å². The fraction of sp³-hybridized carbons (Fsp3) is 0.609. The maximum atomic E-state index is 13.3. The molecule has 2 saturated carbocycles. The molecule has 0 radical (unpaired) electrons. The average Bonchev–Trinajstić information content (AvgIpc) is 2.95. The van der Waals surface area contributed by atoms with Gasteiger partial charge in [-0.3, -0.25) is 19.3 Å². The number of carbonyl (C=O) groups excluding carboxylic acids is 3. The molecule has 4 atom stereocenters. The predicted molar refractivity (Wildman–Crippen MR) is 104 cm³/mol. The third-order valence-corrected chi connectivity index (χ3v) is 7.72. The van der Waals surface area contributed by atoms with Gasteiger partial charge in [0.1, 0.15) is 6.54 Å². The first-order valence-corrected chi connectivity index (χ1v) is 10.8. The quantitative estimate of drug-likeness (QED) is 0.757. The number of likely N-dealkylation sites (tertiary alicyclic amines) is 2. The number of imide groups is 1. The third-order valence-electron chi connectivity index (χ3n) is 7.72. The monoisotopic (exact) mass is 380 g/mol. The molecular formula is C23H28N2O3. The average molecular weight is 380 g/mol. The molecule has 28 heavy (non-hydrogen) atoms. The van der Waals surface area contributed by atoms with E-state index in [0.717, 1.165) is 51.5 Å². The molecule has 1 aromatic rings. The van der Waals surface area contributed by atoms with Crippen molar-refractivity contribution in [1.82, 2.24) is 9.80 Å². The van der Waals surface area contributed by atoms with Crippen molar-refractivity contribution in [2.75, 3.05) is 13.1 Å². The number of hydrogen-bond acceptors (Lipinski definition) is 3. The fourth-order valence-electron chi connectivity index (χ4n) is 6.29. The summed E-state index contributed by atoms with van der Waals surface area (Å²) in [5.74, 6) is -0.176. The summed E-state index contributed by atoms with van der Waals surface area (Å²) in [7, 11) is 0. The predicted octanol–water partition coefficient (Wildman–Crippen LogP) is 3.09. The number of carbonyl (C=O) groups is 3. The summed E-state index contributed by atoms with van der Waals surface area (Å²) in [6.07, 6.45) is 8.04. The fourth-order valence-corrected chi connectivity index (χ4v) is 6.29. The highest BCUT2D eigenvalue weighted by Crippen LogP contribution is 2.54. The molecule has 2 saturated heterocycles. The number of benzene rings is 1. The molecule has 5 nitrogen and oxygen atoms in total. The summed E-state index contributed by atoms with van der Waals surface area (Å²) in [5, 5.41) is 0. The lowest BCUT2D eigenvalue weighted by molar-refractivity contribution is -0.170. The lowest BCUT2D eigenvalue weighted by atomic mass is 9.61. The van der Waals surface area contributed by atoms with Gasteiger partial charge < -0.3 is 4.90 Å². The number of hydrogen-bond donors (Lipinski definition) is 0. The Bertz CT molecular complexity index is 783. The molecule has 1 aromatic carbocycles. The van der Waals surface area contributed by atoms with Crippen LogP contribution < -0.4 is 0 Å². The van der Waals surface area contributed by atoms with E-state index in [9.17, 15) is 14.4 Å². The van der Waals surface area contributed by atoms with E-state index in [1.165, 1.54) is 16.9 Å². The molecule has 5 rings (SSSR count). The molecule has 0 bridgehead atoms. The lowest BCUT2D eigenvalue weighted by Gasteiger charge is -2.61. The lowest BCUT2D eigenvalue weighted by Crippen LogP contribution is -2.68. The van der Waals surface area contributed by atoms with Crippen molar-refractivity contribution >= 4 is 17.7 Å². The van der Waals surface area contributed by atoms with Crippen molar-refractivity contribution in [3.63, 3.8) is 0 Å². The van der Waals surface area contributed by atoms with Gasteiger partial charge >= 0.3 is 0 Å². The van der Waals surface area contributed by atoms with Crippen LogP contribution in [0.25, 0.3) is 0 Å². The highest BCUT2D eigenvalue weighted by atomic mass is 16.2. The molecule has 0 aromatic heterocycles. The molecule has 2 aliphatic carbocycles. The highest BCUT2D eigenvalue weighted by molar-refractivity contribution is 6.07. The first-order chi connectivity index (χ1) is 13.6. The molecule has 4 aliphatic rings. The summed E-state index contributed by atoms with van der Waals surface area (Å²) in [6, 6.07) is 10.3. The Kier molecular flexibility index (Phi) is 4.29.